The number of nitrogens with one attached hydrogen (secondary N) is 2. The van der Waals surface area contributed by atoms with Gasteiger partial charge in [0.2, 0.25) is 0 Å². The van der Waals surface area contributed by atoms with Crippen molar-refractivity contribution in [3.8, 4) is 0 Å². The minimum atomic E-state index is -0.719. The van der Waals surface area contributed by atoms with E-state index in [0.29, 0.717) is 12.0 Å². The van der Waals surface area contributed by atoms with E-state index in [-0.39, 0.29) is 5.91 Å². The minimum absolute atomic E-state index is 0.379. The van der Waals surface area contributed by atoms with E-state index in [0.717, 1.165) is 5.56 Å². The fourth-order valence-electron chi connectivity index (χ4n) is 1.83. The highest BCUT2D eigenvalue weighted by Gasteiger charge is 2.15. The van der Waals surface area contributed by atoms with Gasteiger partial charge in [0.25, 0.3) is 11.8 Å². The van der Waals surface area contributed by atoms with Gasteiger partial charge in [0, 0.05) is 5.56 Å². The van der Waals surface area contributed by atoms with Crippen LogP contribution >= 0.6 is 0 Å². The molecule has 0 aliphatic carbocycles. The van der Waals surface area contributed by atoms with Crippen molar-refractivity contribution in [1.82, 2.24) is 10.9 Å². The van der Waals surface area contributed by atoms with Crippen LogP contribution in [0.4, 0.5) is 0 Å². The van der Waals surface area contributed by atoms with Crippen LogP contribution in [0.2, 0.25) is 0 Å². The first-order chi connectivity index (χ1) is 10.2. The first kappa shape index (κ1) is 14.7. The molecule has 0 fully saturated rings. The summed E-state index contributed by atoms with van der Waals surface area (Å²) in [7, 11) is 0. The van der Waals surface area contributed by atoms with Crippen molar-refractivity contribution in [1.29, 1.82) is 0 Å². The normalized spacial score (nSPS) is 11.5. The fraction of sp³-hybridized carbons (Fsp3) is 0.125. The maximum Gasteiger partial charge on any atom is 0.269 e. The monoisotopic (exact) mass is 283 g/mol. The van der Waals surface area contributed by atoms with Crippen molar-refractivity contribution >= 4 is 11.8 Å². The minimum Gasteiger partial charge on any atom is -0.320 e. The zero-order valence-electron chi connectivity index (χ0n) is 11.5. The average molecular weight is 283 g/mol. The lowest BCUT2D eigenvalue weighted by atomic mass is 10.1. The summed E-state index contributed by atoms with van der Waals surface area (Å²) in [6, 6.07) is 17.4. The second-order valence-electron chi connectivity index (χ2n) is 4.61. The van der Waals surface area contributed by atoms with Crippen LogP contribution in [0.1, 0.15) is 15.9 Å². The van der Waals surface area contributed by atoms with Crippen LogP contribution in [0.3, 0.4) is 0 Å². The van der Waals surface area contributed by atoms with Gasteiger partial charge in [-0.2, -0.15) is 0 Å². The zero-order valence-corrected chi connectivity index (χ0v) is 11.5. The molecule has 0 radical (unpaired) electrons. The second-order valence-corrected chi connectivity index (χ2v) is 4.61. The van der Waals surface area contributed by atoms with Gasteiger partial charge in [0.15, 0.2) is 0 Å². The largest absolute Gasteiger partial charge is 0.320 e. The number of carbonyl (C=O) groups excluding carboxylic acids is 2. The molecule has 2 amide bonds. The van der Waals surface area contributed by atoms with Crippen LogP contribution in [0.25, 0.3) is 0 Å². The maximum atomic E-state index is 11.8. The summed E-state index contributed by atoms with van der Waals surface area (Å²) in [5.41, 5.74) is 11.9. The Morgan fingerprint density at radius 3 is 2.10 bits per heavy atom. The molecule has 0 aromatic heterocycles. The molecule has 5 nitrogen and oxygen atoms in total. The Morgan fingerprint density at radius 2 is 1.48 bits per heavy atom. The van der Waals surface area contributed by atoms with Gasteiger partial charge in [-0.3, -0.25) is 20.4 Å². The van der Waals surface area contributed by atoms with Gasteiger partial charge in [-0.05, 0) is 24.1 Å². The molecule has 0 heterocycles. The summed E-state index contributed by atoms with van der Waals surface area (Å²) in [6.07, 6.45) is 0.411. The predicted molar refractivity (Wildman–Crippen MR) is 80.2 cm³/mol. The molecule has 4 N–H and O–H groups in total. The molecule has 0 saturated heterocycles. The number of nitrogens with two attached hydrogens (primary N) is 1. The van der Waals surface area contributed by atoms with E-state index in [2.05, 4.69) is 10.9 Å². The smallest absolute Gasteiger partial charge is 0.269 e. The molecule has 1 atom stereocenters. The number of benzene rings is 2. The summed E-state index contributed by atoms with van der Waals surface area (Å²) < 4.78 is 0. The van der Waals surface area contributed by atoms with Crippen molar-refractivity contribution in [3.63, 3.8) is 0 Å². The summed E-state index contributed by atoms with van der Waals surface area (Å²) in [5.74, 6) is -0.806. The Labute approximate surface area is 123 Å². The Hall–Kier alpha value is -2.66. The molecule has 2 aromatic carbocycles. The van der Waals surface area contributed by atoms with Crippen LogP contribution in [-0.4, -0.2) is 17.9 Å². The lowest BCUT2D eigenvalue weighted by Gasteiger charge is -2.13. The Balaban J connectivity index is 1.83. The first-order valence-electron chi connectivity index (χ1n) is 6.61. The molecule has 0 saturated carbocycles. The van der Waals surface area contributed by atoms with E-state index >= 15 is 0 Å². The number of carbonyl (C=O) groups is 2. The number of hydrazine groups is 1. The summed E-state index contributed by atoms with van der Waals surface area (Å²) in [4.78, 5) is 23.6. The Bertz CT molecular complexity index is 599. The van der Waals surface area contributed by atoms with Crippen molar-refractivity contribution in [2.75, 3.05) is 0 Å². The average Bonchev–Trinajstić information content (AvgIpc) is 2.54. The predicted octanol–water partition coefficient (Wildman–Crippen LogP) is 1.02. The van der Waals surface area contributed by atoms with Crippen molar-refractivity contribution in [2.24, 2.45) is 5.73 Å². The van der Waals surface area contributed by atoms with Crippen LogP contribution in [-0.2, 0) is 11.2 Å². The van der Waals surface area contributed by atoms with Crippen molar-refractivity contribution in [3.05, 3.63) is 71.8 Å². The highest BCUT2D eigenvalue weighted by atomic mass is 16.2. The summed E-state index contributed by atoms with van der Waals surface area (Å²) in [6.45, 7) is 0. The van der Waals surface area contributed by atoms with Gasteiger partial charge in [0.05, 0.1) is 6.04 Å². The lowest BCUT2D eigenvalue weighted by Crippen LogP contribution is -2.50. The lowest BCUT2D eigenvalue weighted by molar-refractivity contribution is -0.123. The Kier molecular flexibility index (Phi) is 5.06. The van der Waals surface area contributed by atoms with Gasteiger partial charge in [-0.25, -0.2) is 0 Å². The van der Waals surface area contributed by atoms with E-state index in [1.165, 1.54) is 0 Å². The summed E-state index contributed by atoms with van der Waals surface area (Å²) in [5, 5.41) is 0. The molecule has 5 heteroatoms. The fourth-order valence-corrected chi connectivity index (χ4v) is 1.83. The molecule has 1 unspecified atom stereocenters. The third-order valence-electron chi connectivity index (χ3n) is 2.97. The van der Waals surface area contributed by atoms with Gasteiger partial charge < -0.3 is 5.73 Å². The molecule has 108 valence electrons. The van der Waals surface area contributed by atoms with Gasteiger partial charge >= 0.3 is 0 Å². The van der Waals surface area contributed by atoms with Crippen LogP contribution in [0, 0.1) is 0 Å². The number of amides is 2. The Morgan fingerprint density at radius 1 is 0.905 bits per heavy atom. The molecule has 21 heavy (non-hydrogen) atoms. The SMILES string of the molecule is NC(Cc1ccccc1)C(=O)NNC(=O)c1ccccc1. The second kappa shape index (κ2) is 7.21. The van der Waals surface area contributed by atoms with Crippen LogP contribution < -0.4 is 16.6 Å². The molecular formula is C16H17N3O2. The highest BCUT2D eigenvalue weighted by Crippen LogP contribution is 2.02. The highest BCUT2D eigenvalue weighted by molar-refractivity contribution is 5.95. The maximum absolute atomic E-state index is 11.8. The van der Waals surface area contributed by atoms with Crippen LogP contribution in [0.5, 0.6) is 0 Å². The van der Waals surface area contributed by atoms with Crippen LogP contribution in [0.15, 0.2) is 60.7 Å². The quantitative estimate of drug-likeness (QED) is 0.732. The van der Waals surface area contributed by atoms with Gasteiger partial charge in [-0.15, -0.1) is 0 Å². The molecule has 2 aromatic rings. The zero-order chi connectivity index (χ0) is 15.1. The number of hydrogen-bond acceptors (Lipinski definition) is 3. The number of hydrogen-bond donors (Lipinski definition) is 3. The molecule has 0 bridgehead atoms. The van der Waals surface area contributed by atoms with E-state index in [1.807, 2.05) is 36.4 Å². The van der Waals surface area contributed by atoms with E-state index in [1.54, 1.807) is 24.3 Å². The molecule has 0 aliphatic heterocycles. The third kappa shape index (κ3) is 4.43. The summed E-state index contributed by atoms with van der Waals surface area (Å²) >= 11 is 0. The van der Waals surface area contributed by atoms with E-state index in [4.69, 9.17) is 5.73 Å². The molecule has 0 aliphatic rings. The first-order valence-corrected chi connectivity index (χ1v) is 6.61. The van der Waals surface area contributed by atoms with E-state index in [9.17, 15) is 9.59 Å². The van der Waals surface area contributed by atoms with Gasteiger partial charge in [0.1, 0.15) is 0 Å². The molecule has 0 spiro atoms. The van der Waals surface area contributed by atoms with Gasteiger partial charge in [-0.1, -0.05) is 48.5 Å². The topological polar surface area (TPSA) is 84.2 Å². The standard InChI is InChI=1S/C16H17N3O2/c17-14(11-12-7-3-1-4-8-12)16(21)19-18-15(20)13-9-5-2-6-10-13/h1-10,14H,11,17H2,(H,18,20)(H,19,21). The van der Waals surface area contributed by atoms with Crippen molar-refractivity contribution in [2.45, 2.75) is 12.5 Å². The van der Waals surface area contributed by atoms with Crippen molar-refractivity contribution < 1.29 is 9.59 Å². The third-order valence-corrected chi connectivity index (χ3v) is 2.97. The molecule has 2 rings (SSSR count). The molecular weight excluding hydrogens is 266 g/mol. The van der Waals surface area contributed by atoms with E-state index < -0.39 is 11.9 Å². The number of rotatable bonds is 4.